The Labute approximate surface area is 212 Å². The van der Waals surface area contributed by atoms with Gasteiger partial charge in [0.1, 0.15) is 6.04 Å². The number of hydrogen-bond acceptors (Lipinski definition) is 4. The van der Waals surface area contributed by atoms with Gasteiger partial charge in [0.25, 0.3) is 0 Å². The lowest BCUT2D eigenvalue weighted by molar-refractivity contribution is -0.140. The molecule has 1 N–H and O–H groups in total. The molecule has 0 bridgehead atoms. The van der Waals surface area contributed by atoms with Crippen molar-refractivity contribution in [3.63, 3.8) is 0 Å². The Bertz CT molecular complexity index is 1170. The standard InChI is InChI=1S/C26H35F2N3O4S/c1-6-19(3)29-26(33)20(4)30(17-21-10-7-9-18(2)15-21)25(32)11-8-14-31(36(5,34)35)22-12-13-23(27)24(28)16-22/h7,9-10,12-13,15-16,19-20H,6,8,11,14,17H2,1-5H3,(H,29,33). The van der Waals surface area contributed by atoms with Crippen molar-refractivity contribution in [2.24, 2.45) is 0 Å². The van der Waals surface area contributed by atoms with Gasteiger partial charge in [-0.3, -0.25) is 13.9 Å². The molecule has 0 fully saturated rings. The van der Waals surface area contributed by atoms with Crippen molar-refractivity contribution >= 4 is 27.5 Å². The first-order valence-corrected chi connectivity index (χ1v) is 13.8. The van der Waals surface area contributed by atoms with Gasteiger partial charge in [-0.25, -0.2) is 17.2 Å². The molecule has 0 saturated carbocycles. The first kappa shape index (κ1) is 29.2. The summed E-state index contributed by atoms with van der Waals surface area (Å²) < 4.78 is 52.6. The smallest absolute Gasteiger partial charge is 0.242 e. The third-order valence-electron chi connectivity index (χ3n) is 5.95. The molecule has 2 aromatic carbocycles. The van der Waals surface area contributed by atoms with Crippen LogP contribution >= 0.6 is 0 Å². The molecule has 2 rings (SSSR count). The number of sulfonamides is 1. The topological polar surface area (TPSA) is 86.8 Å². The average molecular weight is 524 g/mol. The van der Waals surface area contributed by atoms with Crippen molar-refractivity contribution in [1.82, 2.24) is 10.2 Å². The first-order chi connectivity index (χ1) is 16.8. The van der Waals surface area contributed by atoms with Crippen LogP contribution in [0.5, 0.6) is 0 Å². The lowest BCUT2D eigenvalue weighted by Crippen LogP contribution is -2.49. The third-order valence-corrected chi connectivity index (χ3v) is 7.14. The van der Waals surface area contributed by atoms with Crippen molar-refractivity contribution < 1.29 is 26.8 Å². The van der Waals surface area contributed by atoms with Crippen LogP contribution in [-0.4, -0.2) is 50.0 Å². The van der Waals surface area contributed by atoms with E-state index in [1.807, 2.05) is 45.0 Å². The molecule has 0 spiro atoms. The van der Waals surface area contributed by atoms with Gasteiger partial charge < -0.3 is 10.2 Å². The van der Waals surface area contributed by atoms with E-state index in [1.54, 1.807) is 6.92 Å². The second kappa shape index (κ2) is 12.8. The van der Waals surface area contributed by atoms with Crippen LogP contribution in [-0.2, 0) is 26.2 Å². The predicted molar refractivity (Wildman–Crippen MR) is 137 cm³/mol. The quantitative estimate of drug-likeness (QED) is 0.453. The maximum Gasteiger partial charge on any atom is 0.242 e. The molecule has 36 heavy (non-hydrogen) atoms. The molecule has 2 amide bonds. The number of amides is 2. The normalized spacial score (nSPS) is 13.1. The monoisotopic (exact) mass is 523 g/mol. The summed E-state index contributed by atoms with van der Waals surface area (Å²) in [6, 6.07) is 9.68. The summed E-state index contributed by atoms with van der Waals surface area (Å²) in [4.78, 5) is 27.6. The summed E-state index contributed by atoms with van der Waals surface area (Å²) in [6.07, 6.45) is 1.79. The van der Waals surface area contributed by atoms with Crippen LogP contribution in [0.1, 0.15) is 51.2 Å². The zero-order valence-corrected chi connectivity index (χ0v) is 22.2. The lowest BCUT2D eigenvalue weighted by atomic mass is 10.1. The fourth-order valence-electron chi connectivity index (χ4n) is 3.70. The van der Waals surface area contributed by atoms with Crippen molar-refractivity contribution in [2.45, 2.75) is 65.6 Å². The molecule has 2 unspecified atom stereocenters. The number of aryl methyl sites for hydroxylation is 1. The van der Waals surface area contributed by atoms with E-state index in [4.69, 9.17) is 0 Å². The summed E-state index contributed by atoms with van der Waals surface area (Å²) in [5.74, 6) is -2.84. The van der Waals surface area contributed by atoms with Crippen molar-refractivity contribution in [1.29, 1.82) is 0 Å². The second-order valence-corrected chi connectivity index (χ2v) is 10.9. The van der Waals surface area contributed by atoms with Crippen LogP contribution in [0, 0.1) is 18.6 Å². The molecule has 0 aliphatic rings. The van der Waals surface area contributed by atoms with Crippen LogP contribution < -0.4 is 9.62 Å². The Kier molecular flexibility index (Phi) is 10.4. The molecule has 7 nitrogen and oxygen atoms in total. The van der Waals surface area contributed by atoms with Crippen molar-refractivity contribution in [2.75, 3.05) is 17.1 Å². The zero-order valence-electron chi connectivity index (χ0n) is 21.4. The minimum Gasteiger partial charge on any atom is -0.352 e. The summed E-state index contributed by atoms with van der Waals surface area (Å²) in [5, 5.41) is 2.90. The highest BCUT2D eigenvalue weighted by Gasteiger charge is 2.27. The van der Waals surface area contributed by atoms with Gasteiger partial charge in [-0.05, 0) is 51.3 Å². The number of anilines is 1. The van der Waals surface area contributed by atoms with Crippen LogP contribution in [0.25, 0.3) is 0 Å². The molecule has 0 heterocycles. The summed E-state index contributed by atoms with van der Waals surface area (Å²) in [6.45, 7) is 7.54. The average Bonchev–Trinajstić information content (AvgIpc) is 2.80. The number of carbonyl (C=O) groups is 2. The number of nitrogens with zero attached hydrogens (tertiary/aromatic N) is 2. The third kappa shape index (κ3) is 8.29. The highest BCUT2D eigenvalue weighted by atomic mass is 32.2. The number of rotatable bonds is 12. The highest BCUT2D eigenvalue weighted by molar-refractivity contribution is 7.92. The van der Waals surface area contributed by atoms with Gasteiger partial charge in [-0.2, -0.15) is 0 Å². The van der Waals surface area contributed by atoms with E-state index in [-0.39, 0.29) is 49.5 Å². The predicted octanol–water partition coefficient (Wildman–Crippen LogP) is 4.15. The minimum absolute atomic E-state index is 0.0261. The van der Waals surface area contributed by atoms with Gasteiger partial charge in [-0.1, -0.05) is 36.8 Å². The Morgan fingerprint density at radius 1 is 1.06 bits per heavy atom. The number of hydrogen-bond donors (Lipinski definition) is 1. The van der Waals surface area contributed by atoms with Gasteiger partial charge in [0.2, 0.25) is 21.8 Å². The Hall–Kier alpha value is -3.01. The maximum absolute atomic E-state index is 13.7. The maximum atomic E-state index is 13.7. The molecule has 2 aromatic rings. The van der Waals surface area contributed by atoms with Gasteiger partial charge in [-0.15, -0.1) is 0 Å². The molecule has 10 heteroatoms. The number of halogens is 2. The molecular formula is C26H35F2N3O4S. The highest BCUT2D eigenvalue weighted by Crippen LogP contribution is 2.22. The fourth-order valence-corrected chi connectivity index (χ4v) is 4.66. The SMILES string of the molecule is CCC(C)NC(=O)C(C)N(Cc1cccc(C)c1)C(=O)CCCN(c1ccc(F)c(F)c1)S(C)(=O)=O. The van der Waals surface area contributed by atoms with E-state index >= 15 is 0 Å². The fraction of sp³-hybridized carbons (Fsp3) is 0.462. The van der Waals surface area contributed by atoms with E-state index in [0.29, 0.717) is 0 Å². The summed E-state index contributed by atoms with van der Waals surface area (Å²) >= 11 is 0. The van der Waals surface area contributed by atoms with Gasteiger partial charge in [0.15, 0.2) is 11.6 Å². The number of benzene rings is 2. The van der Waals surface area contributed by atoms with Crippen LogP contribution in [0.15, 0.2) is 42.5 Å². The van der Waals surface area contributed by atoms with Crippen molar-refractivity contribution in [3.8, 4) is 0 Å². The molecule has 0 aromatic heterocycles. The number of carbonyl (C=O) groups excluding carboxylic acids is 2. The summed E-state index contributed by atoms with van der Waals surface area (Å²) in [7, 11) is -3.81. The zero-order chi connectivity index (χ0) is 27.0. The minimum atomic E-state index is -3.81. The van der Waals surface area contributed by atoms with E-state index < -0.39 is 27.7 Å². The van der Waals surface area contributed by atoms with Gasteiger partial charge in [0.05, 0.1) is 11.9 Å². The van der Waals surface area contributed by atoms with Gasteiger partial charge in [0, 0.05) is 31.6 Å². The largest absolute Gasteiger partial charge is 0.352 e. The Balaban J connectivity index is 2.19. The molecule has 2 atom stereocenters. The summed E-state index contributed by atoms with van der Waals surface area (Å²) in [5.41, 5.74) is 1.86. The molecule has 0 radical (unpaired) electrons. The molecule has 0 aliphatic heterocycles. The van der Waals surface area contributed by atoms with Crippen LogP contribution in [0.4, 0.5) is 14.5 Å². The molecule has 0 saturated heterocycles. The first-order valence-electron chi connectivity index (χ1n) is 11.9. The Morgan fingerprint density at radius 3 is 2.33 bits per heavy atom. The number of nitrogens with one attached hydrogen (secondary N) is 1. The van der Waals surface area contributed by atoms with E-state index in [1.165, 1.54) is 11.0 Å². The van der Waals surface area contributed by atoms with E-state index in [2.05, 4.69) is 5.32 Å². The Morgan fingerprint density at radius 2 is 1.75 bits per heavy atom. The van der Waals surface area contributed by atoms with Gasteiger partial charge >= 0.3 is 0 Å². The molecular weight excluding hydrogens is 488 g/mol. The van der Waals surface area contributed by atoms with Crippen LogP contribution in [0.3, 0.4) is 0 Å². The lowest BCUT2D eigenvalue weighted by Gasteiger charge is -2.30. The van der Waals surface area contributed by atoms with E-state index in [9.17, 15) is 26.8 Å². The van der Waals surface area contributed by atoms with E-state index in [0.717, 1.165) is 40.2 Å². The van der Waals surface area contributed by atoms with Crippen LogP contribution in [0.2, 0.25) is 0 Å². The molecule has 198 valence electrons. The second-order valence-electron chi connectivity index (χ2n) is 9.04. The van der Waals surface area contributed by atoms with Crippen molar-refractivity contribution in [3.05, 3.63) is 65.2 Å². The molecule has 0 aliphatic carbocycles.